The Labute approximate surface area is 307 Å². The number of aryl methyl sites for hydroxylation is 1. The highest BCUT2D eigenvalue weighted by Crippen LogP contribution is 2.49. The van der Waals surface area contributed by atoms with E-state index in [1.54, 1.807) is 6.07 Å². The highest BCUT2D eigenvalue weighted by molar-refractivity contribution is 7.99. The number of aliphatic hydroxyl groups is 1. The summed E-state index contributed by atoms with van der Waals surface area (Å²) in [6, 6.07) is 11.9. The zero-order valence-electron chi connectivity index (χ0n) is 30.0. The van der Waals surface area contributed by atoms with Crippen LogP contribution in [0.25, 0.3) is 0 Å². The Bertz CT molecular complexity index is 1920. The molecule has 1 saturated carbocycles. The molecule has 1 unspecified atom stereocenters. The van der Waals surface area contributed by atoms with E-state index in [1.807, 2.05) is 37.5 Å². The molecule has 3 aromatic rings. The van der Waals surface area contributed by atoms with E-state index in [0.717, 1.165) is 100.0 Å². The topological polar surface area (TPSA) is 99.9 Å². The summed E-state index contributed by atoms with van der Waals surface area (Å²) >= 11 is 6.49. The Balaban J connectivity index is 1.18. The van der Waals surface area contributed by atoms with Crippen LogP contribution in [0.15, 0.2) is 48.8 Å². The molecule has 1 fully saturated rings. The number of carbonyl (C=O) groups excluding carboxylic acids is 1. The number of hydrogen-bond acceptors (Lipinski definition) is 7. The molecule has 2 aromatic carbocycles. The van der Waals surface area contributed by atoms with Crippen molar-refractivity contribution in [2.45, 2.75) is 94.6 Å². The maximum absolute atomic E-state index is 14.0. The zero-order valence-corrected chi connectivity index (χ0v) is 31.6. The Morgan fingerprint density at radius 3 is 2.80 bits per heavy atom. The van der Waals surface area contributed by atoms with Crippen LogP contribution in [0.4, 0.5) is 5.69 Å². The molecule has 51 heavy (non-hydrogen) atoms. The largest absolute Gasteiger partial charge is 0.490 e. The molecule has 11 heteroatoms. The molecule has 8 rings (SSSR count). The van der Waals surface area contributed by atoms with Crippen molar-refractivity contribution >= 4 is 38.8 Å². The highest BCUT2D eigenvalue weighted by atomic mass is 35.5. The number of ether oxygens (including phenoxy) is 1. The molecule has 2 N–H and O–H groups in total. The number of anilines is 1. The number of nitrogens with zero attached hydrogens (tertiary/aromatic N) is 4. The SMILES string of the molecule is C=S1(=O)NC(=O)c2ccc3c(c2)N(C[C@@H]2CC[C@H]2[C@@](O)(CN2CCn4ccnc4C2)CCC[C@H](C)[C@H]1C)C[C@@]1(CCCc2cc(Cl)ccc21)CO3. The number of benzene rings is 2. The van der Waals surface area contributed by atoms with Gasteiger partial charge in [-0.15, -0.1) is 0 Å². The third-order valence-electron chi connectivity index (χ3n) is 13.1. The molecule has 4 heterocycles. The predicted octanol–water partition coefficient (Wildman–Crippen LogP) is 5.85. The second-order valence-electron chi connectivity index (χ2n) is 16.3. The predicted molar refractivity (Wildman–Crippen MR) is 204 cm³/mol. The number of nitrogens with one attached hydrogen (secondary N) is 1. The second kappa shape index (κ2) is 13.4. The normalized spacial score (nSPS) is 34.3. The molecule has 0 radical (unpaired) electrons. The minimum Gasteiger partial charge on any atom is -0.490 e. The van der Waals surface area contributed by atoms with Crippen LogP contribution >= 0.6 is 11.6 Å². The van der Waals surface area contributed by atoms with Gasteiger partial charge in [0.2, 0.25) is 0 Å². The number of hydrogen-bond donors (Lipinski definition) is 2. The van der Waals surface area contributed by atoms with Crippen LogP contribution in [0.2, 0.25) is 5.02 Å². The van der Waals surface area contributed by atoms with Gasteiger partial charge in [0.05, 0.1) is 34.1 Å². The van der Waals surface area contributed by atoms with E-state index in [-0.39, 0.29) is 34.3 Å². The molecule has 5 aliphatic rings. The van der Waals surface area contributed by atoms with Gasteiger partial charge in [-0.2, -0.15) is 0 Å². The van der Waals surface area contributed by atoms with Crippen molar-refractivity contribution in [3.63, 3.8) is 0 Å². The first kappa shape index (κ1) is 35.0. The first-order valence-electron chi connectivity index (χ1n) is 18.9. The molecule has 0 saturated heterocycles. The summed E-state index contributed by atoms with van der Waals surface area (Å²) in [5.41, 5.74) is 2.77. The molecule has 1 aromatic heterocycles. The first-order chi connectivity index (χ1) is 24.4. The fourth-order valence-electron chi connectivity index (χ4n) is 9.81. The lowest BCUT2D eigenvalue weighted by atomic mass is 9.62. The summed E-state index contributed by atoms with van der Waals surface area (Å²) in [6.07, 6.45) is 11.2. The third kappa shape index (κ3) is 6.59. The molecular formula is C40H52ClN5O4S. The quantitative estimate of drug-likeness (QED) is 0.319. The molecular weight excluding hydrogens is 682 g/mol. The number of rotatable bonds is 2. The van der Waals surface area contributed by atoms with Crippen LogP contribution in [-0.4, -0.2) is 79.2 Å². The van der Waals surface area contributed by atoms with E-state index in [1.165, 1.54) is 11.1 Å². The van der Waals surface area contributed by atoms with Gasteiger partial charge in [0.15, 0.2) is 0 Å². The average Bonchev–Trinajstić information content (AvgIpc) is 3.49. The molecule has 2 bridgehead atoms. The molecule has 274 valence electrons. The number of amides is 1. The maximum atomic E-state index is 14.0. The number of β-amino-alcohol motifs (C(OH)–C–C–N with tert-alkyl or cyclic N) is 1. The summed E-state index contributed by atoms with van der Waals surface area (Å²) in [5.74, 6) is 5.93. The van der Waals surface area contributed by atoms with E-state index >= 15 is 0 Å². The van der Waals surface area contributed by atoms with Gasteiger partial charge in [-0.3, -0.25) is 14.4 Å². The monoisotopic (exact) mass is 733 g/mol. The molecule has 1 amide bonds. The van der Waals surface area contributed by atoms with Crippen molar-refractivity contribution in [3.8, 4) is 5.75 Å². The number of fused-ring (bicyclic) bond motifs is 5. The van der Waals surface area contributed by atoms with Crippen molar-refractivity contribution in [3.05, 3.63) is 76.3 Å². The van der Waals surface area contributed by atoms with Gasteiger partial charge in [0.1, 0.15) is 11.6 Å². The minimum absolute atomic E-state index is 0.0486. The van der Waals surface area contributed by atoms with Crippen molar-refractivity contribution in [2.75, 3.05) is 37.7 Å². The fraction of sp³-hybridized carbons (Fsp3) is 0.575. The van der Waals surface area contributed by atoms with E-state index in [9.17, 15) is 14.1 Å². The van der Waals surface area contributed by atoms with Gasteiger partial charge in [-0.05, 0) is 117 Å². The second-order valence-corrected chi connectivity index (χ2v) is 19.2. The van der Waals surface area contributed by atoms with E-state index in [0.29, 0.717) is 25.1 Å². The van der Waals surface area contributed by atoms with E-state index in [4.69, 9.17) is 16.3 Å². The van der Waals surface area contributed by atoms with Crippen LogP contribution in [0.3, 0.4) is 0 Å². The molecule has 9 nitrogen and oxygen atoms in total. The van der Waals surface area contributed by atoms with Crippen molar-refractivity contribution in [1.29, 1.82) is 0 Å². The maximum Gasteiger partial charge on any atom is 0.262 e. The lowest BCUT2D eigenvalue weighted by molar-refractivity contribution is -0.108. The van der Waals surface area contributed by atoms with Crippen molar-refractivity contribution < 1.29 is 18.8 Å². The average molecular weight is 734 g/mol. The van der Waals surface area contributed by atoms with Gasteiger partial charge in [0.25, 0.3) is 5.91 Å². The van der Waals surface area contributed by atoms with Gasteiger partial charge >= 0.3 is 0 Å². The number of imidazole rings is 1. The van der Waals surface area contributed by atoms with Crippen LogP contribution < -0.4 is 14.4 Å². The summed E-state index contributed by atoms with van der Waals surface area (Å²) in [6.45, 7) is 9.12. The Morgan fingerprint density at radius 1 is 1.12 bits per heavy atom. The number of carbonyl (C=O) groups is 1. The number of aromatic nitrogens is 2. The highest BCUT2D eigenvalue weighted by Gasteiger charge is 2.49. The van der Waals surface area contributed by atoms with Crippen LogP contribution in [0.1, 0.15) is 86.1 Å². The standard InChI is InChI=1S/C40H52ClN5O4S/c1-27-6-4-15-40(48,25-44-18-19-45-17-16-42-37(45)23-44)34-11-8-31(34)22-46-24-39(14-5-7-29-20-32(41)10-12-33(29)39)26-50-36-13-9-30(21-35(36)46)38(47)43-51(3,49)28(27)2/h9-10,12-13,16-17,20-21,27-28,31,34,48H,3-8,11,14-15,18-19,22-26H2,1-2H3,(H,43,47,49)/t27-,28+,31-,34+,39-,40-,51?/m0/s1. The van der Waals surface area contributed by atoms with Crippen LogP contribution in [0, 0.1) is 17.8 Å². The van der Waals surface area contributed by atoms with Gasteiger partial charge in [0, 0.05) is 66.4 Å². The molecule has 2 aliphatic carbocycles. The van der Waals surface area contributed by atoms with Crippen LogP contribution in [-0.2, 0) is 34.6 Å². The smallest absolute Gasteiger partial charge is 0.262 e. The van der Waals surface area contributed by atoms with Crippen molar-refractivity contribution in [1.82, 2.24) is 19.2 Å². The summed E-state index contributed by atoms with van der Waals surface area (Å²) in [5, 5.41) is 13.3. The molecule has 1 spiro atoms. The Hall–Kier alpha value is -3.05. The summed E-state index contributed by atoms with van der Waals surface area (Å²) < 4.78 is 25.7. The first-order valence-corrected chi connectivity index (χ1v) is 21.0. The van der Waals surface area contributed by atoms with Gasteiger partial charge in [-0.1, -0.05) is 31.0 Å². The van der Waals surface area contributed by atoms with Crippen LogP contribution in [0.5, 0.6) is 5.75 Å². The lowest BCUT2D eigenvalue weighted by Crippen LogP contribution is -2.57. The van der Waals surface area contributed by atoms with Gasteiger partial charge < -0.3 is 19.3 Å². The molecule has 7 atom stereocenters. The Kier molecular flexibility index (Phi) is 9.21. The molecule has 3 aliphatic heterocycles. The minimum atomic E-state index is -2.95. The van der Waals surface area contributed by atoms with Gasteiger partial charge in [-0.25, -0.2) is 9.19 Å². The van der Waals surface area contributed by atoms with E-state index < -0.39 is 15.3 Å². The zero-order chi connectivity index (χ0) is 35.5. The van der Waals surface area contributed by atoms with Crippen molar-refractivity contribution in [2.24, 2.45) is 17.8 Å². The number of halogens is 1. The Morgan fingerprint density at radius 2 is 1.98 bits per heavy atom. The summed E-state index contributed by atoms with van der Waals surface area (Å²) in [7, 11) is -2.95. The fourth-order valence-corrected chi connectivity index (χ4v) is 11.5. The van der Waals surface area contributed by atoms with E-state index in [2.05, 4.69) is 49.0 Å². The third-order valence-corrected chi connectivity index (χ3v) is 15.6. The lowest BCUT2D eigenvalue weighted by Gasteiger charge is -2.51. The summed E-state index contributed by atoms with van der Waals surface area (Å²) in [4.78, 5) is 23.2.